The number of allylic oxidation sites excluding steroid dienone is 1. The van der Waals surface area contributed by atoms with E-state index in [-0.39, 0.29) is 0 Å². The predicted molar refractivity (Wildman–Crippen MR) is 91.9 cm³/mol. The van der Waals surface area contributed by atoms with Gasteiger partial charge in [-0.2, -0.15) is 10.5 Å². The van der Waals surface area contributed by atoms with Crippen LogP contribution in [0.5, 0.6) is 11.5 Å². The minimum Gasteiger partial charge on any atom is -0.493 e. The normalized spacial score (nSPS) is 10.6. The van der Waals surface area contributed by atoms with Crippen molar-refractivity contribution >= 4 is 27.6 Å². The number of hydrogen-bond donors (Lipinski definition) is 0. The number of benzene rings is 2. The van der Waals surface area contributed by atoms with Gasteiger partial charge in [0.05, 0.1) is 42.0 Å². The summed E-state index contributed by atoms with van der Waals surface area (Å²) in [6, 6.07) is 14.8. The SMILES string of the molecule is COc1cc(/C=C(/C#N)c2cccc(C#N)c2)cc(Br)c1OC. The van der Waals surface area contributed by atoms with E-state index >= 15 is 0 Å². The fourth-order valence-electron chi connectivity index (χ4n) is 2.12. The molecule has 0 unspecified atom stereocenters. The second-order valence-corrected chi connectivity index (χ2v) is 5.45. The predicted octanol–water partition coefficient (Wildman–Crippen LogP) is 4.40. The van der Waals surface area contributed by atoms with Crippen molar-refractivity contribution in [1.29, 1.82) is 10.5 Å². The molecule has 0 N–H and O–H groups in total. The Bertz CT molecular complexity index is 845. The molecule has 0 spiro atoms. The highest BCUT2D eigenvalue weighted by atomic mass is 79.9. The molecule has 0 aromatic heterocycles. The summed E-state index contributed by atoms with van der Waals surface area (Å²) in [5.41, 5.74) is 2.45. The lowest BCUT2D eigenvalue weighted by Crippen LogP contribution is -1.92. The number of hydrogen-bond acceptors (Lipinski definition) is 4. The van der Waals surface area contributed by atoms with Gasteiger partial charge >= 0.3 is 0 Å². The first-order valence-electron chi connectivity index (χ1n) is 6.66. The van der Waals surface area contributed by atoms with Crippen LogP contribution >= 0.6 is 15.9 Å². The molecule has 0 atom stereocenters. The Balaban J connectivity index is 2.52. The molecule has 23 heavy (non-hydrogen) atoms. The molecule has 0 fully saturated rings. The Morgan fingerprint density at radius 2 is 1.91 bits per heavy atom. The summed E-state index contributed by atoms with van der Waals surface area (Å²) in [4.78, 5) is 0. The maximum atomic E-state index is 9.43. The second-order valence-electron chi connectivity index (χ2n) is 4.60. The molecule has 0 aliphatic carbocycles. The summed E-state index contributed by atoms with van der Waals surface area (Å²) in [5, 5.41) is 18.4. The number of rotatable bonds is 4. The number of nitrogens with zero attached hydrogens (tertiary/aromatic N) is 2. The Hall–Kier alpha value is -2.76. The molecule has 0 saturated carbocycles. The molecule has 2 rings (SSSR count). The van der Waals surface area contributed by atoms with Gasteiger partial charge in [-0.05, 0) is 57.4 Å². The largest absolute Gasteiger partial charge is 0.493 e. The fraction of sp³-hybridized carbons (Fsp3) is 0.111. The van der Waals surface area contributed by atoms with Gasteiger partial charge in [-0.15, -0.1) is 0 Å². The molecule has 0 saturated heterocycles. The van der Waals surface area contributed by atoms with Gasteiger partial charge in [0.2, 0.25) is 0 Å². The molecule has 5 heteroatoms. The van der Waals surface area contributed by atoms with Crippen LogP contribution in [0.2, 0.25) is 0 Å². The average molecular weight is 369 g/mol. The maximum Gasteiger partial charge on any atom is 0.174 e. The van der Waals surface area contributed by atoms with E-state index in [0.717, 1.165) is 10.0 Å². The van der Waals surface area contributed by atoms with E-state index < -0.39 is 0 Å². The molecular formula is C18H13BrN2O2. The first kappa shape index (κ1) is 16.6. The van der Waals surface area contributed by atoms with Crippen molar-refractivity contribution in [3.05, 3.63) is 57.6 Å². The van der Waals surface area contributed by atoms with Gasteiger partial charge in [0.25, 0.3) is 0 Å². The van der Waals surface area contributed by atoms with E-state index in [9.17, 15) is 5.26 Å². The molecule has 2 aromatic rings. The lowest BCUT2D eigenvalue weighted by molar-refractivity contribution is 0.353. The zero-order valence-corrected chi connectivity index (χ0v) is 14.2. The lowest BCUT2D eigenvalue weighted by Gasteiger charge is -2.10. The summed E-state index contributed by atoms with van der Waals surface area (Å²) in [6.45, 7) is 0. The van der Waals surface area contributed by atoms with Gasteiger partial charge in [0.1, 0.15) is 0 Å². The highest BCUT2D eigenvalue weighted by Gasteiger charge is 2.10. The van der Waals surface area contributed by atoms with Gasteiger partial charge in [-0.3, -0.25) is 0 Å². The zero-order chi connectivity index (χ0) is 16.8. The molecule has 0 bridgehead atoms. The van der Waals surface area contributed by atoms with E-state index in [1.807, 2.05) is 6.07 Å². The van der Waals surface area contributed by atoms with E-state index in [4.69, 9.17) is 14.7 Å². The smallest absolute Gasteiger partial charge is 0.174 e. The Labute approximate surface area is 143 Å². The standard InChI is InChI=1S/C18H13BrN2O2/c1-22-17-9-13(8-16(19)18(17)23-2)7-15(11-21)14-5-3-4-12(6-14)10-20/h3-9H,1-2H3/b15-7-. The molecule has 0 aliphatic rings. The van der Waals surface area contributed by atoms with Crippen molar-refractivity contribution in [3.63, 3.8) is 0 Å². The molecule has 4 nitrogen and oxygen atoms in total. The van der Waals surface area contributed by atoms with Crippen LogP contribution in [0.3, 0.4) is 0 Å². The van der Waals surface area contributed by atoms with Gasteiger partial charge in [-0.25, -0.2) is 0 Å². The maximum absolute atomic E-state index is 9.43. The first-order valence-corrected chi connectivity index (χ1v) is 7.46. The van der Waals surface area contributed by atoms with E-state index in [0.29, 0.717) is 28.2 Å². The summed E-state index contributed by atoms with van der Waals surface area (Å²) < 4.78 is 11.3. The highest BCUT2D eigenvalue weighted by molar-refractivity contribution is 9.10. The van der Waals surface area contributed by atoms with Crippen LogP contribution in [0.15, 0.2) is 40.9 Å². The Morgan fingerprint density at radius 1 is 1.13 bits per heavy atom. The first-order chi connectivity index (χ1) is 11.1. The minimum absolute atomic E-state index is 0.459. The molecule has 0 radical (unpaired) electrons. The van der Waals surface area contributed by atoms with Crippen molar-refractivity contribution in [2.45, 2.75) is 0 Å². The molecule has 2 aromatic carbocycles. The lowest BCUT2D eigenvalue weighted by atomic mass is 10.0. The van der Waals surface area contributed by atoms with E-state index in [1.165, 1.54) is 0 Å². The quantitative estimate of drug-likeness (QED) is 0.592. The van der Waals surface area contributed by atoms with E-state index in [1.54, 1.807) is 50.6 Å². The van der Waals surface area contributed by atoms with Crippen molar-refractivity contribution in [1.82, 2.24) is 0 Å². The van der Waals surface area contributed by atoms with Crippen LogP contribution in [-0.2, 0) is 0 Å². The van der Waals surface area contributed by atoms with E-state index in [2.05, 4.69) is 28.1 Å². The summed E-state index contributed by atoms with van der Waals surface area (Å²) in [7, 11) is 3.12. The molecule has 0 heterocycles. The highest BCUT2D eigenvalue weighted by Crippen LogP contribution is 2.37. The number of nitriles is 2. The molecule has 0 aliphatic heterocycles. The summed E-state index contributed by atoms with van der Waals surface area (Å²) in [5.74, 6) is 1.16. The third-order valence-electron chi connectivity index (χ3n) is 3.19. The average Bonchev–Trinajstić information content (AvgIpc) is 2.59. The van der Waals surface area contributed by atoms with Crippen LogP contribution < -0.4 is 9.47 Å². The Morgan fingerprint density at radius 3 is 2.52 bits per heavy atom. The van der Waals surface area contributed by atoms with Crippen LogP contribution in [-0.4, -0.2) is 14.2 Å². The van der Waals surface area contributed by atoms with Crippen molar-refractivity contribution in [3.8, 4) is 23.6 Å². The van der Waals surface area contributed by atoms with Gasteiger partial charge in [0, 0.05) is 0 Å². The zero-order valence-electron chi connectivity index (χ0n) is 12.6. The number of ether oxygens (including phenoxy) is 2. The van der Waals surface area contributed by atoms with Crippen molar-refractivity contribution < 1.29 is 9.47 Å². The van der Waals surface area contributed by atoms with Crippen molar-refractivity contribution in [2.24, 2.45) is 0 Å². The minimum atomic E-state index is 0.459. The van der Waals surface area contributed by atoms with Crippen LogP contribution in [0.4, 0.5) is 0 Å². The topological polar surface area (TPSA) is 66.0 Å². The van der Waals surface area contributed by atoms with Crippen molar-refractivity contribution in [2.75, 3.05) is 14.2 Å². The molecule has 0 amide bonds. The van der Waals surface area contributed by atoms with Gasteiger partial charge in [-0.1, -0.05) is 12.1 Å². The van der Waals surface area contributed by atoms with Crippen LogP contribution in [0.25, 0.3) is 11.6 Å². The summed E-state index contributed by atoms with van der Waals surface area (Å²) >= 11 is 3.43. The van der Waals surface area contributed by atoms with Crippen LogP contribution in [0.1, 0.15) is 16.7 Å². The Kier molecular flexibility index (Phi) is 5.41. The van der Waals surface area contributed by atoms with Gasteiger partial charge in [0.15, 0.2) is 11.5 Å². The summed E-state index contributed by atoms with van der Waals surface area (Å²) in [6.07, 6.45) is 1.74. The van der Waals surface area contributed by atoms with Crippen LogP contribution in [0, 0.1) is 22.7 Å². The molecular weight excluding hydrogens is 356 g/mol. The van der Waals surface area contributed by atoms with Gasteiger partial charge < -0.3 is 9.47 Å². The number of halogens is 1. The monoisotopic (exact) mass is 368 g/mol. The third kappa shape index (κ3) is 3.71. The number of methoxy groups -OCH3 is 2. The second kappa shape index (κ2) is 7.49. The molecule has 114 valence electrons. The third-order valence-corrected chi connectivity index (χ3v) is 3.78. The fourth-order valence-corrected chi connectivity index (χ4v) is 2.75.